The predicted octanol–water partition coefficient (Wildman–Crippen LogP) is 3.41. The summed E-state index contributed by atoms with van der Waals surface area (Å²) in [5, 5.41) is 11.3. The predicted molar refractivity (Wildman–Crippen MR) is 89.2 cm³/mol. The van der Waals surface area contributed by atoms with Gasteiger partial charge in [0, 0.05) is 12.7 Å². The van der Waals surface area contributed by atoms with Gasteiger partial charge in [0.15, 0.2) is 0 Å². The van der Waals surface area contributed by atoms with Crippen LogP contribution in [0.4, 0.5) is 10.1 Å². The number of ketones is 1. The van der Waals surface area contributed by atoms with Crippen molar-refractivity contribution in [1.82, 2.24) is 4.57 Å². The number of carboxylic acids is 1. The molecule has 1 heterocycles. The molecular formula is C15H11BrClFN2O4. The summed E-state index contributed by atoms with van der Waals surface area (Å²) in [6.45, 7) is 1.43. The molecule has 0 saturated heterocycles. The number of Topliss-reactive ketones (excluding diaryl/α,β-unsaturated/α-hetero) is 1. The van der Waals surface area contributed by atoms with E-state index in [9.17, 15) is 18.8 Å². The zero-order chi connectivity index (χ0) is 18.2. The first kappa shape index (κ1) is 18.2. The summed E-state index contributed by atoms with van der Waals surface area (Å²) in [5.74, 6) is -3.96. The molecule has 2 N–H and O–H groups in total. The van der Waals surface area contributed by atoms with Crippen LogP contribution in [0.1, 0.15) is 26.4 Å². The van der Waals surface area contributed by atoms with Crippen molar-refractivity contribution < 1.29 is 23.9 Å². The molecule has 0 saturated carbocycles. The zero-order valence-corrected chi connectivity index (χ0v) is 14.8. The van der Waals surface area contributed by atoms with Crippen LogP contribution in [0.3, 0.4) is 0 Å². The maximum Gasteiger partial charge on any atom is 0.377 e. The van der Waals surface area contributed by atoms with Crippen LogP contribution < -0.4 is 5.32 Å². The molecule has 0 unspecified atom stereocenters. The average Bonchev–Trinajstić information content (AvgIpc) is 2.72. The van der Waals surface area contributed by atoms with Gasteiger partial charge in [-0.3, -0.25) is 9.59 Å². The molecule has 1 aromatic heterocycles. The molecule has 126 valence electrons. The molecule has 0 bridgehead atoms. The molecule has 0 radical (unpaired) electrons. The molecule has 0 aliphatic heterocycles. The fraction of sp³-hybridized carbons (Fsp3) is 0.133. The van der Waals surface area contributed by atoms with Crippen molar-refractivity contribution >= 4 is 50.9 Å². The second-order valence-corrected chi connectivity index (χ2v) is 6.13. The standard InChI is InChI=1S/C15H11BrClFN2O4/c1-6-10(12(21)15(23)24)13(17)20(2)11(6)14(22)19-7-3-4-9(18)8(16)5-7/h3-5H,1-2H3,(H,19,22)(H,23,24). The Labute approximate surface area is 149 Å². The molecule has 9 heteroatoms. The summed E-state index contributed by atoms with van der Waals surface area (Å²) < 4.78 is 14.6. The number of nitrogens with zero attached hydrogens (tertiary/aromatic N) is 1. The highest BCUT2D eigenvalue weighted by atomic mass is 79.9. The van der Waals surface area contributed by atoms with Crippen molar-refractivity contribution in [2.24, 2.45) is 7.05 Å². The van der Waals surface area contributed by atoms with E-state index < -0.39 is 23.5 Å². The number of benzene rings is 1. The molecule has 0 aliphatic rings. The van der Waals surface area contributed by atoms with Crippen LogP contribution in [0, 0.1) is 12.7 Å². The number of carbonyl (C=O) groups is 3. The van der Waals surface area contributed by atoms with Gasteiger partial charge in [-0.05, 0) is 46.6 Å². The number of halogens is 3. The molecule has 2 rings (SSSR count). The summed E-state index contributed by atoms with van der Waals surface area (Å²) in [6, 6.07) is 3.90. The number of hydrogen-bond donors (Lipinski definition) is 2. The molecule has 0 aliphatic carbocycles. The number of amides is 1. The Morgan fingerprint density at radius 2 is 1.96 bits per heavy atom. The SMILES string of the molecule is Cc1c(C(=O)C(=O)O)c(Cl)n(C)c1C(=O)Nc1ccc(F)c(Br)c1. The summed E-state index contributed by atoms with van der Waals surface area (Å²) >= 11 is 9.00. The second kappa shape index (κ2) is 6.74. The van der Waals surface area contributed by atoms with Crippen molar-refractivity contribution in [1.29, 1.82) is 0 Å². The summed E-state index contributed by atoms with van der Waals surface area (Å²) in [4.78, 5) is 35.1. The van der Waals surface area contributed by atoms with Gasteiger partial charge in [-0.1, -0.05) is 11.6 Å². The van der Waals surface area contributed by atoms with E-state index >= 15 is 0 Å². The van der Waals surface area contributed by atoms with Crippen molar-refractivity contribution in [3.63, 3.8) is 0 Å². The quantitative estimate of drug-likeness (QED) is 0.589. The maximum atomic E-state index is 13.2. The van der Waals surface area contributed by atoms with E-state index in [1.54, 1.807) is 0 Å². The minimum absolute atomic E-state index is 0.0325. The number of anilines is 1. The number of rotatable bonds is 4. The molecule has 1 aromatic carbocycles. The molecule has 0 fully saturated rings. The van der Waals surface area contributed by atoms with E-state index in [0.29, 0.717) is 5.69 Å². The summed E-state index contributed by atoms with van der Waals surface area (Å²) in [6.07, 6.45) is 0. The lowest BCUT2D eigenvalue weighted by atomic mass is 10.1. The Morgan fingerprint density at radius 1 is 1.33 bits per heavy atom. The lowest BCUT2D eigenvalue weighted by Gasteiger charge is -2.08. The lowest BCUT2D eigenvalue weighted by molar-refractivity contribution is -0.131. The third-order valence-electron chi connectivity index (χ3n) is 3.38. The molecule has 6 nitrogen and oxygen atoms in total. The van der Waals surface area contributed by atoms with Crippen LogP contribution in [0.2, 0.25) is 5.15 Å². The molecule has 0 spiro atoms. The van der Waals surface area contributed by atoms with E-state index in [-0.39, 0.29) is 26.4 Å². The number of aromatic nitrogens is 1. The van der Waals surface area contributed by atoms with Gasteiger partial charge < -0.3 is 15.0 Å². The Kier molecular flexibility index (Phi) is 5.10. The van der Waals surface area contributed by atoms with Gasteiger partial charge in [0.25, 0.3) is 11.7 Å². The van der Waals surface area contributed by atoms with Crippen molar-refractivity contribution in [3.8, 4) is 0 Å². The first-order chi connectivity index (χ1) is 11.1. The van der Waals surface area contributed by atoms with Gasteiger partial charge in [0.2, 0.25) is 0 Å². The van der Waals surface area contributed by atoms with E-state index in [1.165, 1.54) is 36.7 Å². The van der Waals surface area contributed by atoms with Gasteiger partial charge in [-0.15, -0.1) is 0 Å². The largest absolute Gasteiger partial charge is 0.475 e. The molecule has 0 atom stereocenters. The molecule has 2 aromatic rings. The van der Waals surface area contributed by atoms with Crippen LogP contribution >= 0.6 is 27.5 Å². The van der Waals surface area contributed by atoms with Crippen LogP contribution in [-0.2, 0) is 11.8 Å². The fourth-order valence-electron chi connectivity index (χ4n) is 2.25. The van der Waals surface area contributed by atoms with E-state index in [4.69, 9.17) is 16.7 Å². The normalized spacial score (nSPS) is 10.5. The Balaban J connectivity index is 2.43. The minimum Gasteiger partial charge on any atom is -0.475 e. The monoisotopic (exact) mass is 416 g/mol. The average molecular weight is 418 g/mol. The van der Waals surface area contributed by atoms with Gasteiger partial charge in [0.05, 0.1) is 10.0 Å². The maximum absolute atomic E-state index is 13.2. The van der Waals surface area contributed by atoms with Crippen molar-refractivity contribution in [3.05, 3.63) is 50.5 Å². The number of nitrogens with one attached hydrogen (secondary N) is 1. The molecule has 1 amide bonds. The third kappa shape index (κ3) is 3.20. The molecule has 24 heavy (non-hydrogen) atoms. The van der Waals surface area contributed by atoms with Gasteiger partial charge in [-0.2, -0.15) is 0 Å². The summed E-state index contributed by atoms with van der Waals surface area (Å²) in [5.41, 5.74) is 0.256. The second-order valence-electron chi connectivity index (χ2n) is 4.92. The van der Waals surface area contributed by atoms with Gasteiger partial charge in [0.1, 0.15) is 16.7 Å². The van der Waals surface area contributed by atoms with Gasteiger partial charge in [-0.25, -0.2) is 9.18 Å². The highest BCUT2D eigenvalue weighted by Crippen LogP contribution is 2.28. The van der Waals surface area contributed by atoms with Crippen LogP contribution in [-0.4, -0.2) is 27.3 Å². The summed E-state index contributed by atoms with van der Waals surface area (Å²) in [7, 11) is 1.43. The number of aliphatic carboxylic acids is 1. The Morgan fingerprint density at radius 3 is 2.50 bits per heavy atom. The first-order valence-corrected chi connectivity index (χ1v) is 7.71. The topological polar surface area (TPSA) is 88.4 Å². The van der Waals surface area contributed by atoms with Gasteiger partial charge >= 0.3 is 5.97 Å². The smallest absolute Gasteiger partial charge is 0.377 e. The van der Waals surface area contributed by atoms with Crippen LogP contribution in [0.25, 0.3) is 0 Å². The van der Waals surface area contributed by atoms with E-state index in [2.05, 4.69) is 21.2 Å². The Bertz CT molecular complexity index is 879. The number of hydrogen-bond acceptors (Lipinski definition) is 3. The van der Waals surface area contributed by atoms with E-state index in [0.717, 1.165) is 0 Å². The zero-order valence-electron chi connectivity index (χ0n) is 12.5. The number of carbonyl (C=O) groups excluding carboxylic acids is 2. The minimum atomic E-state index is -1.67. The fourth-order valence-corrected chi connectivity index (χ4v) is 2.94. The van der Waals surface area contributed by atoms with Crippen molar-refractivity contribution in [2.45, 2.75) is 6.92 Å². The third-order valence-corrected chi connectivity index (χ3v) is 4.43. The highest BCUT2D eigenvalue weighted by molar-refractivity contribution is 9.10. The highest BCUT2D eigenvalue weighted by Gasteiger charge is 2.29. The first-order valence-electron chi connectivity index (χ1n) is 6.54. The van der Waals surface area contributed by atoms with Crippen LogP contribution in [0.5, 0.6) is 0 Å². The van der Waals surface area contributed by atoms with E-state index in [1.807, 2.05) is 0 Å². The molecular weight excluding hydrogens is 407 g/mol. The number of carboxylic acid groups (broad SMARTS) is 1. The van der Waals surface area contributed by atoms with Crippen LogP contribution in [0.15, 0.2) is 22.7 Å². The Hall–Kier alpha value is -2.19. The van der Waals surface area contributed by atoms with Crippen molar-refractivity contribution in [2.75, 3.05) is 5.32 Å². The lowest BCUT2D eigenvalue weighted by Crippen LogP contribution is -2.17.